The van der Waals surface area contributed by atoms with Gasteiger partial charge in [-0.25, -0.2) is 9.78 Å². The van der Waals surface area contributed by atoms with Crippen LogP contribution in [0.5, 0.6) is 0 Å². The first-order valence-corrected chi connectivity index (χ1v) is 6.40. The van der Waals surface area contributed by atoms with Crippen LogP contribution in [0.15, 0.2) is 42.5 Å². The van der Waals surface area contributed by atoms with E-state index in [0.717, 1.165) is 16.6 Å². The van der Waals surface area contributed by atoms with Crippen LogP contribution in [0.1, 0.15) is 10.4 Å². The second-order valence-electron chi connectivity index (χ2n) is 4.51. The van der Waals surface area contributed by atoms with Gasteiger partial charge in [0.15, 0.2) is 0 Å². The molecule has 5 heteroatoms. The second kappa shape index (κ2) is 4.65. The number of carboxylic acids is 1. The fourth-order valence-corrected chi connectivity index (χ4v) is 2.38. The number of aromatic nitrogens is 2. The summed E-state index contributed by atoms with van der Waals surface area (Å²) in [5.74, 6) is -0.237. The zero-order valence-electron chi connectivity index (χ0n) is 10.7. The van der Waals surface area contributed by atoms with E-state index in [0.29, 0.717) is 10.8 Å². The Morgan fingerprint density at radius 1 is 1.25 bits per heavy atom. The summed E-state index contributed by atoms with van der Waals surface area (Å²) in [6, 6.07) is 12.2. The van der Waals surface area contributed by atoms with Gasteiger partial charge >= 0.3 is 5.97 Å². The number of fused-ring (bicyclic) bond motifs is 1. The van der Waals surface area contributed by atoms with E-state index in [4.69, 9.17) is 16.7 Å². The van der Waals surface area contributed by atoms with Gasteiger partial charge in [-0.1, -0.05) is 23.7 Å². The standard InChI is InChI=1S/C15H11ClN2O2/c1-18-13-8-11(16)5-6-12(13)17-14(18)9-3-2-4-10(7-9)15(19)20/h2-8H,1H3,(H,19,20). The maximum absolute atomic E-state index is 11.0. The average Bonchev–Trinajstić information content (AvgIpc) is 2.76. The van der Waals surface area contributed by atoms with Crippen molar-refractivity contribution in [3.8, 4) is 11.4 Å². The summed E-state index contributed by atoms with van der Waals surface area (Å²) < 4.78 is 1.90. The third kappa shape index (κ3) is 2.04. The van der Waals surface area contributed by atoms with Crippen molar-refractivity contribution in [1.82, 2.24) is 9.55 Å². The van der Waals surface area contributed by atoms with Crippen molar-refractivity contribution < 1.29 is 9.90 Å². The number of nitrogens with zero attached hydrogens (tertiary/aromatic N) is 2. The van der Waals surface area contributed by atoms with Crippen LogP contribution in [-0.2, 0) is 7.05 Å². The summed E-state index contributed by atoms with van der Waals surface area (Å²) in [6.07, 6.45) is 0. The van der Waals surface area contributed by atoms with Crippen molar-refractivity contribution in [1.29, 1.82) is 0 Å². The first-order valence-electron chi connectivity index (χ1n) is 6.02. The fraction of sp³-hybridized carbons (Fsp3) is 0.0667. The van der Waals surface area contributed by atoms with Crippen LogP contribution in [0.4, 0.5) is 0 Å². The van der Waals surface area contributed by atoms with Crippen LogP contribution in [0.3, 0.4) is 0 Å². The molecule has 2 aromatic carbocycles. The number of carbonyl (C=O) groups is 1. The predicted octanol–water partition coefficient (Wildman–Crippen LogP) is 3.59. The number of carboxylic acid groups (broad SMARTS) is 1. The summed E-state index contributed by atoms with van der Waals surface area (Å²) in [4.78, 5) is 15.6. The topological polar surface area (TPSA) is 55.1 Å². The predicted molar refractivity (Wildman–Crippen MR) is 78.1 cm³/mol. The molecule has 20 heavy (non-hydrogen) atoms. The van der Waals surface area contributed by atoms with Crippen LogP contribution in [0, 0.1) is 0 Å². The van der Waals surface area contributed by atoms with Crippen molar-refractivity contribution >= 4 is 28.6 Å². The maximum Gasteiger partial charge on any atom is 0.335 e. The normalized spacial score (nSPS) is 10.9. The summed E-state index contributed by atoms with van der Waals surface area (Å²) in [5.41, 5.74) is 2.74. The Bertz CT molecular complexity index is 824. The first-order chi connectivity index (χ1) is 9.56. The first kappa shape index (κ1) is 12.7. The van der Waals surface area contributed by atoms with Gasteiger partial charge < -0.3 is 9.67 Å². The molecular formula is C15H11ClN2O2. The molecular weight excluding hydrogens is 276 g/mol. The highest BCUT2D eigenvalue weighted by Gasteiger charge is 2.12. The largest absolute Gasteiger partial charge is 0.478 e. The Morgan fingerprint density at radius 2 is 2.05 bits per heavy atom. The summed E-state index contributed by atoms with van der Waals surface area (Å²) >= 11 is 5.99. The van der Waals surface area contributed by atoms with Crippen LogP contribution < -0.4 is 0 Å². The highest BCUT2D eigenvalue weighted by Crippen LogP contribution is 2.26. The number of hydrogen-bond acceptors (Lipinski definition) is 2. The van der Waals surface area contributed by atoms with Crippen LogP contribution in [0.2, 0.25) is 5.02 Å². The van der Waals surface area contributed by atoms with Gasteiger partial charge in [0.2, 0.25) is 0 Å². The third-order valence-electron chi connectivity index (χ3n) is 3.21. The minimum Gasteiger partial charge on any atom is -0.478 e. The average molecular weight is 287 g/mol. The number of benzene rings is 2. The minimum absolute atomic E-state index is 0.243. The molecule has 1 heterocycles. The smallest absolute Gasteiger partial charge is 0.335 e. The molecule has 0 bridgehead atoms. The zero-order chi connectivity index (χ0) is 14.3. The molecule has 0 saturated carbocycles. The second-order valence-corrected chi connectivity index (χ2v) is 4.95. The number of aromatic carboxylic acids is 1. The molecule has 0 aliphatic heterocycles. The Labute approximate surface area is 120 Å². The van der Waals surface area contributed by atoms with Crippen LogP contribution >= 0.6 is 11.6 Å². The molecule has 0 aliphatic rings. The van der Waals surface area contributed by atoms with Crippen LogP contribution in [0.25, 0.3) is 22.4 Å². The lowest BCUT2D eigenvalue weighted by Crippen LogP contribution is -1.98. The quantitative estimate of drug-likeness (QED) is 0.783. The Morgan fingerprint density at radius 3 is 2.80 bits per heavy atom. The number of rotatable bonds is 2. The van der Waals surface area contributed by atoms with Crippen molar-refractivity contribution in [3.63, 3.8) is 0 Å². The number of hydrogen-bond donors (Lipinski definition) is 1. The molecule has 0 fully saturated rings. The molecule has 0 atom stereocenters. The van der Waals surface area contributed by atoms with Crippen molar-refractivity contribution in [2.75, 3.05) is 0 Å². The highest BCUT2D eigenvalue weighted by atomic mass is 35.5. The van der Waals surface area contributed by atoms with E-state index < -0.39 is 5.97 Å². The Kier molecular flexibility index (Phi) is 2.95. The minimum atomic E-state index is -0.950. The molecule has 0 unspecified atom stereocenters. The lowest BCUT2D eigenvalue weighted by molar-refractivity contribution is 0.0697. The van der Waals surface area contributed by atoms with Gasteiger partial charge in [0.05, 0.1) is 16.6 Å². The molecule has 1 aromatic heterocycles. The number of halogens is 1. The van der Waals surface area contributed by atoms with E-state index in [-0.39, 0.29) is 5.56 Å². The zero-order valence-corrected chi connectivity index (χ0v) is 11.4. The van der Waals surface area contributed by atoms with Gasteiger partial charge in [-0.15, -0.1) is 0 Å². The molecule has 0 amide bonds. The monoisotopic (exact) mass is 286 g/mol. The number of imidazole rings is 1. The molecule has 0 aliphatic carbocycles. The summed E-state index contributed by atoms with van der Waals surface area (Å²) in [5, 5.41) is 9.70. The molecule has 0 spiro atoms. The SMILES string of the molecule is Cn1c(-c2cccc(C(=O)O)c2)nc2ccc(Cl)cc21. The Hall–Kier alpha value is -2.33. The molecule has 4 nitrogen and oxygen atoms in total. The molecule has 0 saturated heterocycles. The van der Waals surface area contributed by atoms with Gasteiger partial charge in [0.1, 0.15) is 5.82 Å². The van der Waals surface area contributed by atoms with Gasteiger partial charge in [-0.05, 0) is 30.3 Å². The summed E-state index contributed by atoms with van der Waals surface area (Å²) in [6.45, 7) is 0. The number of aryl methyl sites for hydroxylation is 1. The molecule has 3 aromatic rings. The van der Waals surface area contributed by atoms with Gasteiger partial charge in [-0.2, -0.15) is 0 Å². The maximum atomic E-state index is 11.0. The molecule has 1 N–H and O–H groups in total. The molecule has 0 radical (unpaired) electrons. The van der Waals surface area contributed by atoms with Crippen molar-refractivity contribution in [2.24, 2.45) is 7.05 Å². The highest BCUT2D eigenvalue weighted by molar-refractivity contribution is 6.31. The molecule has 3 rings (SSSR count). The van der Waals surface area contributed by atoms with Gasteiger partial charge in [-0.3, -0.25) is 0 Å². The van der Waals surface area contributed by atoms with E-state index in [1.807, 2.05) is 29.8 Å². The van der Waals surface area contributed by atoms with E-state index in [1.54, 1.807) is 24.3 Å². The lowest BCUT2D eigenvalue weighted by Gasteiger charge is -2.03. The van der Waals surface area contributed by atoms with Crippen LogP contribution in [-0.4, -0.2) is 20.6 Å². The van der Waals surface area contributed by atoms with Gasteiger partial charge in [0.25, 0.3) is 0 Å². The van der Waals surface area contributed by atoms with E-state index in [1.165, 1.54) is 0 Å². The summed E-state index contributed by atoms with van der Waals surface area (Å²) in [7, 11) is 1.88. The Balaban J connectivity index is 2.22. The third-order valence-corrected chi connectivity index (χ3v) is 3.45. The van der Waals surface area contributed by atoms with E-state index >= 15 is 0 Å². The van der Waals surface area contributed by atoms with Gasteiger partial charge in [0, 0.05) is 17.6 Å². The van der Waals surface area contributed by atoms with E-state index in [9.17, 15) is 4.79 Å². The lowest BCUT2D eigenvalue weighted by atomic mass is 10.1. The fourth-order valence-electron chi connectivity index (χ4n) is 2.21. The van der Waals surface area contributed by atoms with E-state index in [2.05, 4.69) is 4.98 Å². The molecule has 100 valence electrons. The van der Waals surface area contributed by atoms with Crippen molar-refractivity contribution in [3.05, 3.63) is 53.1 Å². The van der Waals surface area contributed by atoms with Crippen molar-refractivity contribution in [2.45, 2.75) is 0 Å².